The van der Waals surface area contributed by atoms with Crippen LogP contribution in [0.4, 0.5) is 0 Å². The van der Waals surface area contributed by atoms with Gasteiger partial charge in [0.05, 0.1) is 6.04 Å². The predicted octanol–water partition coefficient (Wildman–Crippen LogP) is 2.31. The lowest BCUT2D eigenvalue weighted by atomic mass is 9.90. The standard InChI is InChI=1S/C56H75N11O7/c1-36-29-43(68)30-37(2)44(36)34-45(57)52(71)63-47(19-11-24-61-56(59)60)54(73)65-49-33-41-17-9-10-18-42(41)35-67(55(49)74)28-23-50(69)62-46(53(72)64-48(51(58)70)32-39-15-7-4-8-16-39)20-12-25-66-26-21-40(22-27-66)31-38-13-5-3-6-14-38/h3-10,13-18,29-30,40,45-49,68H,11-12,19-28,31-35,57H2,1-2H3,(H2,58,70)(H,62,69)(H,63,71)(H,64,72)(H,65,73)(H4,59,60,61)/t45-,46-,47+,48+,49-/m0/s1. The summed E-state index contributed by atoms with van der Waals surface area (Å²) in [5, 5.41) is 21.4. The van der Waals surface area contributed by atoms with Gasteiger partial charge in [0.15, 0.2) is 5.96 Å². The number of rotatable bonds is 25. The molecule has 396 valence electrons. The average Bonchev–Trinajstić information content (AvgIpc) is 3.50. The van der Waals surface area contributed by atoms with Crippen LogP contribution in [-0.4, -0.2) is 119 Å². The predicted molar refractivity (Wildman–Crippen MR) is 285 cm³/mol. The highest BCUT2D eigenvalue weighted by molar-refractivity contribution is 5.94. The minimum absolute atomic E-state index is 0.0425. The first-order valence-electron chi connectivity index (χ1n) is 25.8. The zero-order chi connectivity index (χ0) is 53.1. The first-order chi connectivity index (χ1) is 35.5. The van der Waals surface area contributed by atoms with E-state index in [0.717, 1.165) is 72.3 Å². The topological polar surface area (TPSA) is 294 Å². The number of fused-ring (bicyclic) bond motifs is 1. The van der Waals surface area contributed by atoms with Crippen molar-refractivity contribution >= 4 is 41.4 Å². The van der Waals surface area contributed by atoms with E-state index in [-0.39, 0.29) is 63.4 Å². The number of primary amides is 1. The third-order valence-corrected chi connectivity index (χ3v) is 14.1. The van der Waals surface area contributed by atoms with Crippen LogP contribution in [0.3, 0.4) is 0 Å². The summed E-state index contributed by atoms with van der Waals surface area (Å²) < 4.78 is 0. The summed E-state index contributed by atoms with van der Waals surface area (Å²) in [7, 11) is 0. The number of phenolic OH excluding ortho intramolecular Hbond substituents is 1. The quantitative estimate of drug-likeness (QED) is 0.0264. The summed E-state index contributed by atoms with van der Waals surface area (Å²) in [6, 6.07) is 25.1. The molecule has 0 spiro atoms. The number of nitrogens with zero attached hydrogens (tertiary/aromatic N) is 3. The van der Waals surface area contributed by atoms with Crippen LogP contribution in [0, 0.1) is 19.8 Å². The molecule has 1 fully saturated rings. The summed E-state index contributed by atoms with van der Waals surface area (Å²) in [4.78, 5) is 91.0. The Morgan fingerprint density at radius 2 is 1.31 bits per heavy atom. The number of hydrogen-bond donors (Lipinski definition) is 9. The lowest BCUT2D eigenvalue weighted by molar-refractivity contribution is -0.138. The van der Waals surface area contributed by atoms with Gasteiger partial charge >= 0.3 is 0 Å². The summed E-state index contributed by atoms with van der Waals surface area (Å²) in [6.45, 7) is 6.51. The first-order valence-corrected chi connectivity index (χ1v) is 25.8. The molecular weight excluding hydrogens is 939 g/mol. The SMILES string of the molecule is Cc1cc(O)cc(C)c1C[C@H](N)C(=O)N[C@H](CCCN=C(N)N)C(=O)N[C@H]1Cc2ccccc2CN(CCC(=O)N[C@@H](CCCN2CCC(Cc3ccccc3)CC2)C(=O)N[C@H](Cc2ccccc2)C(N)=O)C1=O. The molecule has 2 heterocycles. The van der Waals surface area contributed by atoms with Crippen LogP contribution >= 0.6 is 0 Å². The number of aromatic hydroxyl groups is 1. The number of amides is 6. The number of nitrogens with two attached hydrogens (primary N) is 4. The Balaban J connectivity index is 1.12. The number of hydrogen-bond acceptors (Lipinski definition) is 10. The van der Waals surface area contributed by atoms with Crippen molar-refractivity contribution in [3.8, 4) is 5.75 Å². The minimum atomic E-state index is -1.12. The third-order valence-electron chi connectivity index (χ3n) is 14.1. The molecule has 13 N–H and O–H groups in total. The highest BCUT2D eigenvalue weighted by atomic mass is 16.3. The molecule has 0 saturated carbocycles. The summed E-state index contributed by atoms with van der Waals surface area (Å²) in [5.41, 5.74) is 29.4. The molecule has 2 aliphatic rings. The number of likely N-dealkylation sites (tertiary alicyclic amines) is 1. The molecule has 6 rings (SSSR count). The summed E-state index contributed by atoms with van der Waals surface area (Å²) in [6.07, 6.45) is 4.80. The van der Waals surface area contributed by atoms with Crippen LogP contribution in [0.5, 0.6) is 5.75 Å². The maximum absolute atomic E-state index is 14.5. The van der Waals surface area contributed by atoms with Crippen molar-refractivity contribution < 1.29 is 33.9 Å². The molecule has 18 nitrogen and oxygen atoms in total. The first kappa shape index (κ1) is 56.0. The molecular formula is C56H75N11O7. The Hall–Kier alpha value is -7.31. The summed E-state index contributed by atoms with van der Waals surface area (Å²) >= 11 is 0. The van der Waals surface area contributed by atoms with Gasteiger partial charge in [0.1, 0.15) is 29.9 Å². The molecule has 0 radical (unpaired) electrons. The van der Waals surface area contributed by atoms with Gasteiger partial charge in [-0.25, -0.2) is 0 Å². The number of guanidine groups is 1. The van der Waals surface area contributed by atoms with E-state index in [4.69, 9.17) is 22.9 Å². The molecule has 2 aliphatic heterocycles. The Morgan fingerprint density at radius 1 is 0.716 bits per heavy atom. The number of carbonyl (C=O) groups excluding carboxylic acids is 6. The molecule has 0 aromatic heterocycles. The number of phenols is 1. The largest absolute Gasteiger partial charge is 0.508 e. The molecule has 0 unspecified atom stereocenters. The summed E-state index contributed by atoms with van der Waals surface area (Å²) in [5.74, 6) is -2.78. The fraction of sp³-hybridized carbons (Fsp3) is 0.446. The van der Waals surface area contributed by atoms with Crippen molar-refractivity contribution in [2.24, 2.45) is 33.8 Å². The number of piperidine rings is 1. The van der Waals surface area contributed by atoms with E-state index in [9.17, 15) is 33.9 Å². The smallest absolute Gasteiger partial charge is 0.245 e. The van der Waals surface area contributed by atoms with Crippen molar-refractivity contribution in [1.82, 2.24) is 31.1 Å². The fourth-order valence-corrected chi connectivity index (χ4v) is 9.95. The van der Waals surface area contributed by atoms with Crippen LogP contribution in [0.2, 0.25) is 0 Å². The highest BCUT2D eigenvalue weighted by Gasteiger charge is 2.34. The minimum Gasteiger partial charge on any atom is -0.508 e. The van der Waals surface area contributed by atoms with E-state index in [1.807, 2.05) is 74.5 Å². The van der Waals surface area contributed by atoms with Crippen LogP contribution in [0.1, 0.15) is 83.9 Å². The van der Waals surface area contributed by atoms with E-state index < -0.39 is 65.7 Å². The van der Waals surface area contributed by atoms with Gasteiger partial charge in [-0.1, -0.05) is 84.9 Å². The molecule has 18 heteroatoms. The Bertz CT molecular complexity index is 2540. The molecule has 74 heavy (non-hydrogen) atoms. The van der Waals surface area contributed by atoms with Crippen molar-refractivity contribution in [2.75, 3.05) is 32.7 Å². The zero-order valence-corrected chi connectivity index (χ0v) is 42.8. The second-order valence-electron chi connectivity index (χ2n) is 19.8. The van der Waals surface area contributed by atoms with Crippen LogP contribution < -0.4 is 44.2 Å². The van der Waals surface area contributed by atoms with E-state index in [2.05, 4.69) is 55.4 Å². The number of nitrogens with one attached hydrogen (secondary N) is 4. The maximum Gasteiger partial charge on any atom is 0.245 e. The van der Waals surface area contributed by atoms with Gasteiger partial charge in [-0.2, -0.15) is 0 Å². The molecule has 4 aromatic carbocycles. The van der Waals surface area contributed by atoms with Crippen molar-refractivity contribution in [3.63, 3.8) is 0 Å². The van der Waals surface area contributed by atoms with Crippen LogP contribution in [-0.2, 0) is 61.0 Å². The molecule has 5 atom stereocenters. The normalized spacial score (nSPS) is 16.6. The molecule has 6 amide bonds. The van der Waals surface area contributed by atoms with Crippen molar-refractivity contribution in [3.05, 3.63) is 136 Å². The van der Waals surface area contributed by atoms with Crippen LogP contribution in [0.25, 0.3) is 0 Å². The maximum atomic E-state index is 14.5. The molecule has 0 bridgehead atoms. The molecule has 1 saturated heterocycles. The fourth-order valence-electron chi connectivity index (χ4n) is 9.95. The van der Waals surface area contributed by atoms with Gasteiger partial charge in [0.2, 0.25) is 35.4 Å². The lowest BCUT2D eigenvalue weighted by Crippen LogP contribution is -2.56. The highest BCUT2D eigenvalue weighted by Crippen LogP contribution is 2.24. The lowest BCUT2D eigenvalue weighted by Gasteiger charge is -2.32. The Labute approximate surface area is 434 Å². The van der Waals surface area contributed by atoms with Crippen molar-refractivity contribution in [1.29, 1.82) is 0 Å². The molecule has 0 aliphatic carbocycles. The van der Waals surface area contributed by atoms with Crippen molar-refractivity contribution in [2.45, 2.75) is 121 Å². The van der Waals surface area contributed by atoms with Gasteiger partial charge in [0, 0.05) is 38.9 Å². The Kier molecular flexibility index (Phi) is 20.9. The van der Waals surface area contributed by atoms with Gasteiger partial charge < -0.3 is 59.1 Å². The average molecular weight is 1010 g/mol. The number of carbonyl (C=O) groups is 6. The number of benzene rings is 4. The second kappa shape index (κ2) is 27.7. The number of aliphatic imine (C=N–C) groups is 1. The van der Waals surface area contributed by atoms with Gasteiger partial charge in [-0.15, -0.1) is 0 Å². The van der Waals surface area contributed by atoms with Gasteiger partial charge in [-0.3, -0.25) is 33.8 Å². The van der Waals surface area contributed by atoms with Crippen LogP contribution in [0.15, 0.2) is 102 Å². The van der Waals surface area contributed by atoms with E-state index in [1.165, 1.54) is 10.5 Å². The molecule has 4 aromatic rings. The third kappa shape index (κ3) is 17.2. The zero-order valence-electron chi connectivity index (χ0n) is 42.8. The van der Waals surface area contributed by atoms with Gasteiger partial charge in [-0.05, 0) is 142 Å². The number of aryl methyl sites for hydroxylation is 2. The monoisotopic (exact) mass is 1010 g/mol. The second-order valence-corrected chi connectivity index (χ2v) is 19.8. The van der Waals surface area contributed by atoms with Gasteiger partial charge in [0.25, 0.3) is 0 Å². The Morgan fingerprint density at radius 3 is 1.96 bits per heavy atom. The van der Waals surface area contributed by atoms with E-state index in [0.29, 0.717) is 25.2 Å². The van der Waals surface area contributed by atoms with E-state index in [1.54, 1.807) is 12.1 Å². The van der Waals surface area contributed by atoms with E-state index >= 15 is 0 Å².